The molecule has 21 heavy (non-hydrogen) atoms. The van der Waals surface area contributed by atoms with Gasteiger partial charge in [-0.1, -0.05) is 11.6 Å². The number of rotatable bonds is 4. The number of benzene rings is 2. The number of carbonyl (C=O) groups is 1. The zero-order valence-corrected chi connectivity index (χ0v) is 11.3. The summed E-state index contributed by atoms with van der Waals surface area (Å²) in [5.74, 6) is -0.664. The zero-order valence-electron chi connectivity index (χ0n) is 10.6. The van der Waals surface area contributed by atoms with Crippen molar-refractivity contribution in [2.24, 2.45) is 5.73 Å². The highest BCUT2D eigenvalue weighted by Gasteiger charge is 2.19. The summed E-state index contributed by atoms with van der Waals surface area (Å²) in [5, 5.41) is 11.4. The Labute approximate surface area is 124 Å². The van der Waals surface area contributed by atoms with Crippen LogP contribution in [-0.2, 0) is 0 Å². The fourth-order valence-corrected chi connectivity index (χ4v) is 1.78. The third-order valence-corrected chi connectivity index (χ3v) is 2.87. The third-order valence-electron chi connectivity index (χ3n) is 2.64. The molecule has 0 aromatic heterocycles. The first kappa shape index (κ1) is 14.6. The number of nitrogen functional groups attached to an aromatic ring is 1. The third kappa shape index (κ3) is 3.21. The first-order valence-corrected chi connectivity index (χ1v) is 6.07. The molecule has 4 N–H and O–H groups in total. The van der Waals surface area contributed by atoms with Gasteiger partial charge in [-0.15, -0.1) is 0 Å². The average molecular weight is 308 g/mol. The van der Waals surface area contributed by atoms with E-state index in [0.29, 0.717) is 5.02 Å². The van der Waals surface area contributed by atoms with E-state index in [0.717, 1.165) is 6.07 Å². The van der Waals surface area contributed by atoms with Gasteiger partial charge in [0.2, 0.25) is 11.7 Å². The van der Waals surface area contributed by atoms with E-state index in [4.69, 9.17) is 27.8 Å². The second-order valence-electron chi connectivity index (χ2n) is 4.09. The molecule has 0 saturated carbocycles. The van der Waals surface area contributed by atoms with Gasteiger partial charge < -0.3 is 16.2 Å². The van der Waals surface area contributed by atoms with E-state index in [9.17, 15) is 14.9 Å². The molecular formula is C13H10ClN3O4. The molecule has 0 unspecified atom stereocenters. The molecule has 8 heteroatoms. The first-order valence-electron chi connectivity index (χ1n) is 5.69. The number of nitro benzene ring substituents is 1. The molecule has 2 rings (SSSR count). The predicted octanol–water partition coefficient (Wildman–Crippen LogP) is 2.72. The van der Waals surface area contributed by atoms with Gasteiger partial charge in [0.1, 0.15) is 0 Å². The van der Waals surface area contributed by atoms with Gasteiger partial charge >= 0.3 is 5.69 Å². The van der Waals surface area contributed by atoms with Crippen molar-refractivity contribution in [3.05, 3.63) is 57.1 Å². The molecule has 108 valence electrons. The predicted molar refractivity (Wildman–Crippen MR) is 77.6 cm³/mol. The van der Waals surface area contributed by atoms with Gasteiger partial charge in [0.25, 0.3) is 0 Å². The van der Waals surface area contributed by atoms with E-state index in [1.54, 1.807) is 6.07 Å². The molecule has 0 radical (unpaired) electrons. The van der Waals surface area contributed by atoms with Crippen LogP contribution >= 0.6 is 11.6 Å². The molecule has 1 amide bonds. The summed E-state index contributed by atoms with van der Waals surface area (Å²) in [5.41, 5.74) is 10.7. The molecule has 0 spiro atoms. The van der Waals surface area contributed by atoms with E-state index in [1.807, 2.05) is 0 Å². The van der Waals surface area contributed by atoms with Crippen LogP contribution in [0.5, 0.6) is 11.5 Å². The summed E-state index contributed by atoms with van der Waals surface area (Å²) in [6.07, 6.45) is 0. The summed E-state index contributed by atoms with van der Waals surface area (Å²) in [6.45, 7) is 0. The summed E-state index contributed by atoms with van der Waals surface area (Å²) in [4.78, 5) is 21.4. The lowest BCUT2D eigenvalue weighted by Crippen LogP contribution is -2.11. The fraction of sp³-hybridized carbons (Fsp3) is 0. The minimum atomic E-state index is -0.771. The number of hydrogen-bond donors (Lipinski definition) is 2. The Balaban J connectivity index is 2.46. The van der Waals surface area contributed by atoms with Crippen LogP contribution in [0.25, 0.3) is 0 Å². The van der Waals surface area contributed by atoms with E-state index in [1.165, 1.54) is 24.3 Å². The standard InChI is InChI=1S/C13H10ClN3O4/c14-8-2-3-9(15)12(6-8)21-11-4-1-7(13(16)18)5-10(11)17(19)20/h1-6H,15H2,(H2,16,18). The van der Waals surface area contributed by atoms with Crippen LogP contribution < -0.4 is 16.2 Å². The van der Waals surface area contributed by atoms with Crippen LogP contribution in [0, 0.1) is 10.1 Å². The number of amides is 1. The average Bonchev–Trinajstić information content (AvgIpc) is 2.42. The Kier molecular flexibility index (Phi) is 3.95. The van der Waals surface area contributed by atoms with Crippen molar-refractivity contribution < 1.29 is 14.5 Å². The zero-order chi connectivity index (χ0) is 15.6. The summed E-state index contributed by atoms with van der Waals surface area (Å²) in [7, 11) is 0. The Hall–Kier alpha value is -2.80. The van der Waals surface area contributed by atoms with Crippen LogP contribution in [0.2, 0.25) is 5.02 Å². The number of carbonyl (C=O) groups excluding carboxylic acids is 1. The quantitative estimate of drug-likeness (QED) is 0.511. The van der Waals surface area contributed by atoms with Gasteiger partial charge in [-0.3, -0.25) is 14.9 Å². The lowest BCUT2D eigenvalue weighted by atomic mass is 10.2. The van der Waals surface area contributed by atoms with Crippen molar-refractivity contribution >= 4 is 28.9 Å². The van der Waals surface area contributed by atoms with Gasteiger partial charge in [0.05, 0.1) is 10.6 Å². The van der Waals surface area contributed by atoms with Crippen LogP contribution in [0.4, 0.5) is 11.4 Å². The second-order valence-corrected chi connectivity index (χ2v) is 4.52. The van der Waals surface area contributed by atoms with Gasteiger partial charge in [0, 0.05) is 22.7 Å². The highest BCUT2D eigenvalue weighted by atomic mass is 35.5. The van der Waals surface area contributed by atoms with Crippen LogP contribution in [-0.4, -0.2) is 10.8 Å². The Bertz CT molecular complexity index is 733. The van der Waals surface area contributed by atoms with E-state index in [2.05, 4.69) is 0 Å². The fourth-order valence-electron chi connectivity index (χ4n) is 1.61. The van der Waals surface area contributed by atoms with Crippen molar-refractivity contribution in [3.8, 4) is 11.5 Å². The lowest BCUT2D eigenvalue weighted by Gasteiger charge is -2.09. The van der Waals surface area contributed by atoms with Crippen molar-refractivity contribution in [2.75, 3.05) is 5.73 Å². The van der Waals surface area contributed by atoms with E-state index >= 15 is 0 Å². The molecular weight excluding hydrogens is 298 g/mol. The molecule has 2 aromatic carbocycles. The maximum absolute atomic E-state index is 11.1. The maximum Gasteiger partial charge on any atom is 0.312 e. The normalized spacial score (nSPS) is 10.1. The van der Waals surface area contributed by atoms with Gasteiger partial charge in [-0.25, -0.2) is 0 Å². The van der Waals surface area contributed by atoms with Crippen molar-refractivity contribution in [1.82, 2.24) is 0 Å². The summed E-state index contributed by atoms with van der Waals surface area (Å²) in [6, 6.07) is 8.15. The minimum absolute atomic E-state index is 0.00751. The van der Waals surface area contributed by atoms with Gasteiger partial charge in [-0.2, -0.15) is 0 Å². The minimum Gasteiger partial charge on any atom is -0.448 e. The number of hydrogen-bond acceptors (Lipinski definition) is 5. The highest BCUT2D eigenvalue weighted by Crippen LogP contribution is 2.35. The van der Waals surface area contributed by atoms with Crippen LogP contribution in [0.3, 0.4) is 0 Å². The number of primary amides is 1. The summed E-state index contributed by atoms with van der Waals surface area (Å²) < 4.78 is 5.41. The number of ether oxygens (including phenoxy) is 1. The SMILES string of the molecule is NC(=O)c1ccc(Oc2cc(Cl)ccc2N)c([N+](=O)[O-])c1. The molecule has 0 aliphatic rings. The molecule has 0 aliphatic carbocycles. The highest BCUT2D eigenvalue weighted by molar-refractivity contribution is 6.30. The molecule has 0 heterocycles. The Morgan fingerprint density at radius 2 is 1.90 bits per heavy atom. The number of anilines is 1. The van der Waals surface area contributed by atoms with Gasteiger partial charge in [-0.05, 0) is 24.3 Å². The second kappa shape index (κ2) is 5.68. The largest absolute Gasteiger partial charge is 0.448 e. The number of nitrogens with zero attached hydrogens (tertiary/aromatic N) is 1. The molecule has 0 fully saturated rings. The van der Waals surface area contributed by atoms with Crippen LogP contribution in [0.1, 0.15) is 10.4 Å². The number of halogens is 1. The number of nitrogens with two attached hydrogens (primary N) is 2. The van der Waals surface area contributed by atoms with E-state index < -0.39 is 16.5 Å². The molecule has 0 bridgehead atoms. The van der Waals surface area contributed by atoms with E-state index in [-0.39, 0.29) is 22.7 Å². The molecule has 2 aromatic rings. The molecule has 7 nitrogen and oxygen atoms in total. The van der Waals surface area contributed by atoms with Crippen molar-refractivity contribution in [1.29, 1.82) is 0 Å². The van der Waals surface area contributed by atoms with Crippen LogP contribution in [0.15, 0.2) is 36.4 Å². The topological polar surface area (TPSA) is 121 Å². The Morgan fingerprint density at radius 3 is 2.52 bits per heavy atom. The first-order chi connectivity index (χ1) is 9.88. The van der Waals surface area contributed by atoms with Gasteiger partial charge in [0.15, 0.2) is 5.75 Å². The maximum atomic E-state index is 11.1. The molecule has 0 saturated heterocycles. The van der Waals surface area contributed by atoms with Crippen molar-refractivity contribution in [2.45, 2.75) is 0 Å². The monoisotopic (exact) mass is 307 g/mol. The van der Waals surface area contributed by atoms with Crippen molar-refractivity contribution in [3.63, 3.8) is 0 Å². The Morgan fingerprint density at radius 1 is 1.19 bits per heavy atom. The molecule has 0 aliphatic heterocycles. The lowest BCUT2D eigenvalue weighted by molar-refractivity contribution is -0.385. The summed E-state index contributed by atoms with van der Waals surface area (Å²) >= 11 is 5.82. The number of nitro groups is 1. The smallest absolute Gasteiger partial charge is 0.312 e. The molecule has 0 atom stereocenters.